The van der Waals surface area contributed by atoms with Crippen molar-refractivity contribution in [1.82, 2.24) is 26.2 Å². The van der Waals surface area contributed by atoms with Crippen molar-refractivity contribution >= 4 is 41.4 Å². The Bertz CT molecular complexity index is 2220. The van der Waals surface area contributed by atoms with Gasteiger partial charge in [-0.25, -0.2) is 9.59 Å². The van der Waals surface area contributed by atoms with Crippen LogP contribution < -0.4 is 26.6 Å². The molecule has 0 heterocycles. The molecule has 3 aromatic rings. The van der Waals surface area contributed by atoms with Crippen LogP contribution in [0.4, 0.5) is 10.5 Å². The summed E-state index contributed by atoms with van der Waals surface area (Å²) < 4.78 is 10.9. The fourth-order valence-electron chi connectivity index (χ4n) is 8.45. The van der Waals surface area contributed by atoms with Crippen LogP contribution in [0.5, 0.6) is 0 Å². The molecule has 0 saturated carbocycles. The first-order chi connectivity index (χ1) is 30.9. The molecule has 358 valence electrons. The number of nitrogens with zero attached hydrogens (tertiary/aromatic N) is 1. The van der Waals surface area contributed by atoms with Gasteiger partial charge < -0.3 is 41.0 Å². The number of rotatable bonds is 19. The number of hydrogen-bond acceptors (Lipinski definition) is 9. The van der Waals surface area contributed by atoms with E-state index in [4.69, 9.17) is 9.47 Å². The van der Waals surface area contributed by atoms with Gasteiger partial charge in [0, 0.05) is 29.6 Å². The summed E-state index contributed by atoms with van der Waals surface area (Å²) in [6.45, 7) is 22.2. The Labute approximate surface area is 391 Å². The molecule has 0 fully saturated rings. The van der Waals surface area contributed by atoms with E-state index in [0.29, 0.717) is 16.8 Å². The number of nitrogens with one attached hydrogen (secondary N) is 5. The molecule has 14 heteroatoms. The molecular weight excluding hydrogens is 837 g/mol. The van der Waals surface area contributed by atoms with Gasteiger partial charge in [0.15, 0.2) is 0 Å². The van der Waals surface area contributed by atoms with Gasteiger partial charge in [-0.3, -0.25) is 19.2 Å². The zero-order valence-electron chi connectivity index (χ0n) is 41.3. The highest BCUT2D eigenvalue weighted by atomic mass is 16.5. The van der Waals surface area contributed by atoms with Crippen LogP contribution >= 0.6 is 0 Å². The topological polar surface area (TPSA) is 184 Å². The molecule has 5 N–H and O–H groups in total. The summed E-state index contributed by atoms with van der Waals surface area (Å²) in [4.78, 5) is 82.8. The fraction of sp³-hybridized carbons (Fsp3) is 0.500. The van der Waals surface area contributed by atoms with Crippen LogP contribution in [-0.4, -0.2) is 98.1 Å². The van der Waals surface area contributed by atoms with E-state index in [-0.39, 0.29) is 36.9 Å². The normalized spacial score (nSPS) is 15.1. The third-order valence-electron chi connectivity index (χ3n) is 12.4. The fourth-order valence-corrected chi connectivity index (χ4v) is 8.45. The van der Waals surface area contributed by atoms with E-state index in [1.807, 2.05) is 90.9 Å². The van der Waals surface area contributed by atoms with Crippen LogP contribution in [-0.2, 0) is 38.9 Å². The first kappa shape index (κ1) is 52.6. The van der Waals surface area contributed by atoms with Gasteiger partial charge in [-0.15, -0.1) is 0 Å². The minimum absolute atomic E-state index is 0.0497. The molecule has 0 bridgehead atoms. The van der Waals surface area contributed by atoms with Crippen molar-refractivity contribution in [3.05, 3.63) is 101 Å². The minimum Gasteiger partial charge on any atom is -0.463 e. The van der Waals surface area contributed by atoms with Gasteiger partial charge >= 0.3 is 12.1 Å². The number of alkyl carbamates (subject to hydrolysis) is 1. The molecule has 4 rings (SSSR count). The molecule has 66 heavy (non-hydrogen) atoms. The lowest BCUT2D eigenvalue weighted by Crippen LogP contribution is -2.61. The number of benzene rings is 3. The van der Waals surface area contributed by atoms with E-state index in [9.17, 15) is 28.8 Å². The number of fused-ring (bicyclic) bond motifs is 3. The monoisotopic (exact) mass is 909 g/mol. The highest BCUT2D eigenvalue weighted by Gasteiger charge is 2.42. The molecule has 0 aromatic heterocycles. The van der Waals surface area contributed by atoms with E-state index in [1.165, 1.54) is 0 Å². The molecule has 0 unspecified atom stereocenters. The van der Waals surface area contributed by atoms with Crippen molar-refractivity contribution in [2.24, 2.45) is 17.3 Å². The van der Waals surface area contributed by atoms with E-state index in [2.05, 4.69) is 38.7 Å². The van der Waals surface area contributed by atoms with E-state index in [0.717, 1.165) is 22.3 Å². The van der Waals surface area contributed by atoms with Gasteiger partial charge in [-0.1, -0.05) is 129 Å². The molecule has 5 amide bonds. The number of hydrogen-bond donors (Lipinski definition) is 5. The molecule has 1 aliphatic carbocycles. The summed E-state index contributed by atoms with van der Waals surface area (Å²) in [5.74, 6) is -2.72. The Morgan fingerprint density at radius 3 is 1.85 bits per heavy atom. The van der Waals surface area contributed by atoms with E-state index >= 15 is 0 Å². The molecule has 0 aliphatic heterocycles. The predicted molar refractivity (Wildman–Crippen MR) is 259 cm³/mol. The summed E-state index contributed by atoms with van der Waals surface area (Å²) in [5, 5.41) is 14.5. The van der Waals surface area contributed by atoms with E-state index < -0.39 is 70.8 Å². The van der Waals surface area contributed by atoms with Crippen molar-refractivity contribution in [1.29, 1.82) is 0 Å². The number of esters is 1. The van der Waals surface area contributed by atoms with Crippen LogP contribution in [0.3, 0.4) is 0 Å². The second kappa shape index (κ2) is 22.4. The molecule has 0 saturated heterocycles. The highest BCUT2D eigenvalue weighted by Crippen LogP contribution is 2.44. The van der Waals surface area contributed by atoms with Gasteiger partial charge in [0.25, 0.3) is 0 Å². The molecular formula is C52H72N6O8. The first-order valence-electron chi connectivity index (χ1n) is 22.9. The maximum atomic E-state index is 14.3. The van der Waals surface area contributed by atoms with Gasteiger partial charge in [-0.05, 0) is 85.0 Å². The summed E-state index contributed by atoms with van der Waals surface area (Å²) in [7, 11) is 3.35. The lowest BCUT2D eigenvalue weighted by Gasteiger charge is -2.40. The summed E-state index contributed by atoms with van der Waals surface area (Å²) in [6.07, 6.45) is 0.996. The zero-order chi connectivity index (χ0) is 49.3. The predicted octanol–water partition coefficient (Wildman–Crippen LogP) is 7.08. The first-order valence-corrected chi connectivity index (χ1v) is 22.9. The average molecular weight is 909 g/mol. The second-order valence-corrected chi connectivity index (χ2v) is 19.5. The van der Waals surface area contributed by atoms with Gasteiger partial charge in [0.05, 0.1) is 18.7 Å². The summed E-state index contributed by atoms with van der Waals surface area (Å²) >= 11 is 0. The SMILES string of the molecule is CCOC(=O)/C(C)=C/[C@H](C(C)C)N(C)C(=O)[C@@H](NC(=O)[C@H](NC)C(C)(C)c1cccc(NC(=O)[C@H](C)NC(=O)[C@@H](NC(=O)OCC2c3ccccc3-c3ccccc32)C(C)C)c1)C(C)(C)C. The Morgan fingerprint density at radius 1 is 0.727 bits per heavy atom. The largest absolute Gasteiger partial charge is 0.463 e. The Balaban J connectivity index is 1.41. The van der Waals surface area contributed by atoms with E-state index in [1.54, 1.807) is 77.9 Å². The molecule has 0 radical (unpaired) electrons. The molecule has 0 spiro atoms. The summed E-state index contributed by atoms with van der Waals surface area (Å²) in [6, 6.07) is 19.0. The van der Waals surface area contributed by atoms with Crippen LogP contribution in [0, 0.1) is 17.3 Å². The number of anilines is 1. The van der Waals surface area contributed by atoms with Gasteiger partial charge in [-0.2, -0.15) is 0 Å². The molecule has 1 aliphatic rings. The standard InChI is InChI=1S/C52H72N6O8/c1-15-65-49(63)32(6)27-41(30(2)3)58(14)48(62)44(51(8,9)10)57-47(61)43(53-13)52(11,12)34-21-20-22-35(28-34)55-45(59)33(7)54-46(60)42(31(4)5)56-50(64)66-29-40-38-25-18-16-23-36(38)37-24-17-19-26-39(37)40/h16-28,30-31,33,40-44,53H,15,29H2,1-14H3,(H,54,60)(H,55,59)(H,56,64)(H,57,61)/b32-27+/t33-,41+,42-,43-,44+/m0/s1. The lowest BCUT2D eigenvalue weighted by atomic mass is 9.76. The third kappa shape index (κ3) is 12.7. The van der Waals surface area contributed by atoms with Crippen molar-refractivity contribution in [2.45, 2.75) is 125 Å². The Morgan fingerprint density at radius 2 is 1.32 bits per heavy atom. The quantitative estimate of drug-likeness (QED) is 0.0620. The molecule has 3 aromatic carbocycles. The maximum absolute atomic E-state index is 14.3. The van der Waals surface area contributed by atoms with Crippen molar-refractivity contribution in [3.8, 4) is 11.1 Å². The number of ether oxygens (including phenoxy) is 2. The maximum Gasteiger partial charge on any atom is 0.407 e. The van der Waals surface area contributed by atoms with Crippen molar-refractivity contribution < 1.29 is 38.2 Å². The summed E-state index contributed by atoms with van der Waals surface area (Å²) in [5.41, 5.74) is 4.34. The van der Waals surface area contributed by atoms with Crippen LogP contribution in [0.25, 0.3) is 11.1 Å². The third-order valence-corrected chi connectivity index (χ3v) is 12.4. The average Bonchev–Trinajstić information content (AvgIpc) is 3.58. The minimum atomic E-state index is -0.986. The van der Waals surface area contributed by atoms with Crippen molar-refractivity contribution in [3.63, 3.8) is 0 Å². The van der Waals surface area contributed by atoms with Gasteiger partial charge in [0.2, 0.25) is 23.6 Å². The molecule has 5 atom stereocenters. The Hall–Kier alpha value is -6.02. The van der Waals surface area contributed by atoms with Crippen LogP contribution in [0.1, 0.15) is 106 Å². The van der Waals surface area contributed by atoms with Crippen LogP contribution in [0.15, 0.2) is 84.4 Å². The number of carbonyl (C=O) groups excluding carboxylic acids is 6. The van der Waals surface area contributed by atoms with Crippen molar-refractivity contribution in [2.75, 3.05) is 32.6 Å². The highest BCUT2D eigenvalue weighted by molar-refractivity contribution is 5.98. The van der Waals surface area contributed by atoms with Crippen LogP contribution in [0.2, 0.25) is 0 Å². The number of carbonyl (C=O) groups is 6. The Kier molecular flexibility index (Phi) is 17.9. The number of likely N-dealkylation sites (N-methyl/N-ethyl adjacent to an activating group) is 2. The second-order valence-electron chi connectivity index (χ2n) is 19.5. The lowest BCUT2D eigenvalue weighted by molar-refractivity contribution is -0.141. The smallest absolute Gasteiger partial charge is 0.407 e. The number of amides is 5. The van der Waals surface area contributed by atoms with Gasteiger partial charge in [0.1, 0.15) is 24.7 Å². The molecule has 14 nitrogen and oxygen atoms in total. The zero-order valence-corrected chi connectivity index (χ0v) is 41.3.